The third-order valence-electron chi connectivity index (χ3n) is 8.80. The predicted octanol–water partition coefficient (Wildman–Crippen LogP) is 7.78. The highest BCUT2D eigenvalue weighted by molar-refractivity contribution is 7.94. The van der Waals surface area contributed by atoms with Gasteiger partial charge in [-0.05, 0) is 46.4 Å². The molecule has 12 heteroatoms. The van der Waals surface area contributed by atoms with Crippen LogP contribution in [0.2, 0.25) is 0 Å². The van der Waals surface area contributed by atoms with E-state index in [4.69, 9.17) is 14.4 Å². The maximum absolute atomic E-state index is 12.5. The second-order valence-electron chi connectivity index (χ2n) is 11.7. The number of hydrogen-bond donors (Lipinski definition) is 2. The van der Waals surface area contributed by atoms with E-state index in [-0.39, 0.29) is 11.0 Å². The summed E-state index contributed by atoms with van der Waals surface area (Å²) in [6, 6.07) is 31.8. The fourth-order valence-corrected chi connectivity index (χ4v) is 7.79. The fourth-order valence-electron chi connectivity index (χ4n) is 6.34. The minimum atomic E-state index is -4.37. The van der Waals surface area contributed by atoms with Gasteiger partial charge in [-0.15, -0.1) is 4.33 Å². The van der Waals surface area contributed by atoms with Gasteiger partial charge in [-0.2, -0.15) is 17.5 Å². The van der Waals surface area contributed by atoms with Crippen LogP contribution in [0.5, 0.6) is 5.75 Å². The van der Waals surface area contributed by atoms with Gasteiger partial charge in [0.2, 0.25) is 5.58 Å². The Morgan fingerprint density at radius 3 is 2.31 bits per heavy atom. The molecule has 5 aromatic rings. The highest BCUT2D eigenvalue weighted by Gasteiger charge is 2.72. The number of oxazole rings is 1. The van der Waals surface area contributed by atoms with Gasteiger partial charge in [0, 0.05) is 42.4 Å². The average Bonchev–Trinajstić information content (AvgIpc) is 3.70. The van der Waals surface area contributed by atoms with Crippen molar-refractivity contribution in [3.63, 3.8) is 0 Å². The van der Waals surface area contributed by atoms with E-state index in [1.807, 2.05) is 97.9 Å². The zero-order valence-corrected chi connectivity index (χ0v) is 27.7. The molecular formula is C36H34N2O8S2+2. The van der Waals surface area contributed by atoms with E-state index in [9.17, 15) is 13.0 Å². The second-order valence-corrected chi connectivity index (χ2v) is 14.0. The number of nitrogens with zero attached hydrogens (tertiary/aromatic N) is 2. The van der Waals surface area contributed by atoms with E-state index in [1.54, 1.807) is 0 Å². The van der Waals surface area contributed by atoms with Gasteiger partial charge < -0.3 is 9.15 Å². The summed E-state index contributed by atoms with van der Waals surface area (Å²) in [5, 5.41) is 11.2. The third kappa shape index (κ3) is 6.19. The van der Waals surface area contributed by atoms with E-state index in [0.29, 0.717) is 53.9 Å². The van der Waals surface area contributed by atoms with Crippen molar-refractivity contribution in [2.24, 2.45) is 0 Å². The van der Waals surface area contributed by atoms with Gasteiger partial charge in [0.15, 0.2) is 24.5 Å². The Morgan fingerprint density at radius 2 is 1.67 bits per heavy atom. The highest BCUT2D eigenvalue weighted by atomic mass is 32.2. The Kier molecular flexibility index (Phi) is 8.96. The molecule has 0 aliphatic carbocycles. The number of fused-ring (bicyclic) bond motifs is 3. The van der Waals surface area contributed by atoms with Crippen LogP contribution in [0.25, 0.3) is 39.4 Å². The van der Waals surface area contributed by atoms with Gasteiger partial charge in [0.05, 0.1) is 6.08 Å². The van der Waals surface area contributed by atoms with E-state index in [1.165, 1.54) is 0 Å². The van der Waals surface area contributed by atoms with Crippen LogP contribution in [-0.4, -0.2) is 35.9 Å². The monoisotopic (exact) mass is 686 g/mol. The minimum Gasteiger partial charge on any atom is -0.406 e. The van der Waals surface area contributed by atoms with Crippen LogP contribution >= 0.6 is 12.0 Å². The van der Waals surface area contributed by atoms with Gasteiger partial charge in [0.25, 0.3) is 10.9 Å². The molecule has 1 saturated heterocycles. The Morgan fingerprint density at radius 1 is 0.979 bits per heavy atom. The summed E-state index contributed by atoms with van der Waals surface area (Å²) in [6.45, 7) is 2.76. The first-order valence-corrected chi connectivity index (χ1v) is 18.0. The van der Waals surface area contributed by atoms with Crippen molar-refractivity contribution in [2.75, 3.05) is 12.3 Å². The summed E-state index contributed by atoms with van der Waals surface area (Å²) >= 11 is 0.999. The van der Waals surface area contributed by atoms with E-state index in [2.05, 4.69) is 32.1 Å². The molecule has 0 saturated carbocycles. The summed E-state index contributed by atoms with van der Waals surface area (Å²) in [4.78, 5) is 0. The molecule has 7 rings (SSSR count). The van der Waals surface area contributed by atoms with E-state index < -0.39 is 15.5 Å². The largest absolute Gasteiger partial charge is 0.406 e. The molecule has 3 heterocycles. The molecule has 2 aliphatic heterocycles. The maximum atomic E-state index is 12.5. The van der Waals surface area contributed by atoms with Crippen molar-refractivity contribution in [3.8, 4) is 28.0 Å². The molecule has 1 spiro atoms. The van der Waals surface area contributed by atoms with Gasteiger partial charge >= 0.3 is 21.9 Å². The quantitative estimate of drug-likeness (QED) is 0.0198. The number of allylic oxidation sites excluding steroid dienone is 2. The van der Waals surface area contributed by atoms with Crippen LogP contribution in [0.15, 0.2) is 119 Å². The standard InChI is InChI=1S/C36H32N2O8S2/c1-2-25(20-34-37(18-9-19-47-46-45-39)30-22-28(14-16-32(30)43-34)26-10-5-3-6-11-26)21-35-38(24-36(38)48(40,41)42)31-23-29(15-17-33(31)44-35)27-12-7-4-8-13-27/h3-8,10-17,20-23,36H,2,9,18-19,24H2,1H3/p+2/b25-20+,35-21-. The number of aromatic nitrogens is 1. The first-order valence-electron chi connectivity index (χ1n) is 15.6. The molecule has 2 aliphatic rings. The van der Waals surface area contributed by atoms with Gasteiger partial charge in [-0.1, -0.05) is 84.8 Å². The van der Waals surface area contributed by atoms with Crippen LogP contribution in [0.4, 0.5) is 5.69 Å². The van der Waals surface area contributed by atoms with Crippen molar-refractivity contribution in [1.82, 2.24) is 4.48 Å². The number of aryl methyl sites for hydroxylation is 1. The summed E-state index contributed by atoms with van der Waals surface area (Å²) < 4.78 is 54.6. The van der Waals surface area contributed by atoms with Crippen molar-refractivity contribution >= 4 is 45.0 Å². The second kappa shape index (κ2) is 13.3. The lowest BCUT2D eigenvalue weighted by atomic mass is 10.0. The molecule has 2 unspecified atom stereocenters. The number of benzene rings is 4. The van der Waals surface area contributed by atoms with Crippen molar-refractivity contribution in [1.29, 1.82) is 0 Å². The molecule has 0 bridgehead atoms. The fraction of sp³-hybridized carbons (Fsp3) is 0.194. The Hall–Kier alpha value is -4.27. The van der Waals surface area contributed by atoms with Gasteiger partial charge in [-0.3, -0.25) is 4.55 Å². The van der Waals surface area contributed by atoms with Crippen LogP contribution in [0.3, 0.4) is 0 Å². The minimum absolute atomic E-state index is 0.114. The molecule has 0 amide bonds. The molecule has 2 atom stereocenters. The summed E-state index contributed by atoms with van der Waals surface area (Å²) in [5.41, 5.74) is 7.22. The van der Waals surface area contributed by atoms with Crippen molar-refractivity contribution in [2.45, 2.75) is 31.7 Å². The predicted molar refractivity (Wildman–Crippen MR) is 185 cm³/mol. The first kappa shape index (κ1) is 32.3. The van der Waals surface area contributed by atoms with Crippen LogP contribution in [-0.2, 0) is 26.0 Å². The lowest BCUT2D eigenvalue weighted by Crippen LogP contribution is -2.35. The summed E-state index contributed by atoms with van der Waals surface area (Å²) in [5.74, 6) is 2.15. The average molecular weight is 687 g/mol. The number of hydrogen-bond acceptors (Lipinski definition) is 8. The molecular weight excluding hydrogens is 653 g/mol. The number of rotatable bonds is 12. The molecule has 48 heavy (non-hydrogen) atoms. The molecule has 1 fully saturated rings. The Balaban J connectivity index is 1.29. The summed E-state index contributed by atoms with van der Waals surface area (Å²) in [7, 11) is -4.37. The van der Waals surface area contributed by atoms with Gasteiger partial charge in [0.1, 0.15) is 0 Å². The smallest absolute Gasteiger partial charge is 0.374 e. The zero-order chi connectivity index (χ0) is 33.3. The molecule has 246 valence electrons. The number of quaternary nitrogens is 1. The summed E-state index contributed by atoms with van der Waals surface area (Å²) in [6.07, 6.45) is 5.09. The van der Waals surface area contributed by atoms with E-state index >= 15 is 0 Å². The van der Waals surface area contributed by atoms with Crippen molar-refractivity contribution < 1.29 is 41.3 Å². The lowest BCUT2D eigenvalue weighted by Gasteiger charge is -2.12. The maximum Gasteiger partial charge on any atom is 0.374 e. The van der Waals surface area contributed by atoms with E-state index in [0.717, 1.165) is 45.4 Å². The van der Waals surface area contributed by atoms with Crippen molar-refractivity contribution in [3.05, 3.63) is 120 Å². The normalized spacial score (nSPS) is 19.6. The van der Waals surface area contributed by atoms with Crippen LogP contribution in [0, 0.1) is 0 Å². The SMILES string of the molecule is CCC(/C=C1\Oc2ccc(-c3ccccc3)cc2[N+]12CC2S(=O)(=O)O)=C\c1oc2ccc(-c3ccccc3)cc2[n+]1CCCSOOO. The number of ether oxygens (including phenoxy) is 1. The van der Waals surface area contributed by atoms with Crippen LogP contribution in [0.1, 0.15) is 25.7 Å². The van der Waals surface area contributed by atoms with Crippen LogP contribution < -0.4 is 13.8 Å². The zero-order valence-electron chi connectivity index (χ0n) is 26.1. The molecule has 1 aromatic heterocycles. The molecule has 0 radical (unpaired) electrons. The van der Waals surface area contributed by atoms with Gasteiger partial charge in [-0.25, -0.2) is 5.26 Å². The molecule has 4 aromatic carbocycles. The molecule has 10 nitrogen and oxygen atoms in total. The highest BCUT2D eigenvalue weighted by Crippen LogP contribution is 2.56. The Bertz CT molecular complexity index is 2130. The first-order chi connectivity index (χ1) is 23.3. The lowest BCUT2D eigenvalue weighted by molar-refractivity contribution is -0.677. The molecule has 2 N–H and O–H groups in total. The topological polar surface area (TPSA) is 119 Å². The Labute approximate surface area is 282 Å². The third-order valence-corrected chi connectivity index (χ3v) is 10.6.